The van der Waals surface area contributed by atoms with Crippen LogP contribution in [0, 0.1) is 0 Å². The van der Waals surface area contributed by atoms with E-state index in [9.17, 15) is 13.2 Å². The molecule has 1 aromatic heterocycles. The molecular formula is C11H10F3N3O. The van der Waals surface area contributed by atoms with Crippen LogP contribution in [0.5, 0.6) is 0 Å². The number of aliphatic hydroxyl groups excluding tert-OH is 1. The zero-order valence-electron chi connectivity index (χ0n) is 9.22. The molecule has 1 heterocycles. The van der Waals surface area contributed by atoms with E-state index in [0.29, 0.717) is 11.4 Å². The van der Waals surface area contributed by atoms with Crippen molar-refractivity contribution in [2.24, 2.45) is 0 Å². The fourth-order valence-electron chi connectivity index (χ4n) is 1.58. The van der Waals surface area contributed by atoms with Gasteiger partial charge in [-0.15, -0.1) is 10.2 Å². The van der Waals surface area contributed by atoms with Crippen molar-refractivity contribution in [1.29, 1.82) is 0 Å². The van der Waals surface area contributed by atoms with Crippen molar-refractivity contribution in [3.63, 3.8) is 0 Å². The highest BCUT2D eigenvalue weighted by molar-refractivity contribution is 5.26. The van der Waals surface area contributed by atoms with Gasteiger partial charge in [0, 0.05) is 0 Å². The van der Waals surface area contributed by atoms with Crippen LogP contribution in [0.25, 0.3) is 0 Å². The van der Waals surface area contributed by atoms with Crippen molar-refractivity contribution in [2.75, 3.05) is 0 Å². The number of rotatable bonds is 3. The molecule has 0 atom stereocenters. The first-order valence-corrected chi connectivity index (χ1v) is 5.14. The Morgan fingerprint density at radius 3 is 2.72 bits per heavy atom. The van der Waals surface area contributed by atoms with E-state index in [4.69, 9.17) is 5.11 Å². The van der Waals surface area contributed by atoms with Gasteiger partial charge in [-0.05, 0) is 17.7 Å². The molecule has 0 amide bonds. The van der Waals surface area contributed by atoms with Gasteiger partial charge >= 0.3 is 6.18 Å². The molecule has 1 aromatic carbocycles. The molecule has 1 N–H and O–H groups in total. The third-order valence-corrected chi connectivity index (χ3v) is 2.44. The molecule has 4 nitrogen and oxygen atoms in total. The SMILES string of the molecule is OCc1nncn1Cc1cccc(C(F)(F)F)c1. The Kier molecular flexibility index (Phi) is 3.33. The molecule has 96 valence electrons. The summed E-state index contributed by atoms with van der Waals surface area (Å²) in [6.07, 6.45) is -2.99. The lowest BCUT2D eigenvalue weighted by atomic mass is 10.1. The van der Waals surface area contributed by atoms with Crippen molar-refractivity contribution < 1.29 is 18.3 Å². The molecule has 0 fully saturated rings. The van der Waals surface area contributed by atoms with E-state index in [1.807, 2.05) is 0 Å². The van der Waals surface area contributed by atoms with Gasteiger partial charge in [-0.2, -0.15) is 13.2 Å². The highest BCUT2D eigenvalue weighted by Crippen LogP contribution is 2.29. The first-order chi connectivity index (χ1) is 8.50. The van der Waals surface area contributed by atoms with Gasteiger partial charge in [-0.3, -0.25) is 0 Å². The maximum atomic E-state index is 12.5. The van der Waals surface area contributed by atoms with Crippen LogP contribution in [0.15, 0.2) is 30.6 Å². The summed E-state index contributed by atoms with van der Waals surface area (Å²) in [7, 11) is 0. The molecular weight excluding hydrogens is 247 g/mol. The fraction of sp³-hybridized carbons (Fsp3) is 0.273. The lowest BCUT2D eigenvalue weighted by Crippen LogP contribution is -2.08. The molecule has 2 aromatic rings. The van der Waals surface area contributed by atoms with E-state index in [1.54, 1.807) is 6.07 Å². The van der Waals surface area contributed by atoms with Gasteiger partial charge in [0.25, 0.3) is 0 Å². The number of aliphatic hydroxyl groups is 1. The Balaban J connectivity index is 2.25. The van der Waals surface area contributed by atoms with Gasteiger partial charge in [0.15, 0.2) is 5.82 Å². The second-order valence-corrected chi connectivity index (χ2v) is 3.73. The van der Waals surface area contributed by atoms with Crippen LogP contribution in [0.3, 0.4) is 0 Å². The molecule has 0 bridgehead atoms. The third kappa shape index (κ3) is 2.67. The Morgan fingerprint density at radius 2 is 2.06 bits per heavy atom. The van der Waals surface area contributed by atoms with E-state index < -0.39 is 11.7 Å². The Morgan fingerprint density at radius 1 is 1.28 bits per heavy atom. The predicted octanol–water partition coefficient (Wildman–Crippen LogP) is 1.84. The Hall–Kier alpha value is -1.89. The summed E-state index contributed by atoms with van der Waals surface area (Å²) in [5.41, 5.74) is -0.224. The van der Waals surface area contributed by atoms with Crippen molar-refractivity contribution in [3.8, 4) is 0 Å². The van der Waals surface area contributed by atoms with Gasteiger partial charge in [-0.1, -0.05) is 12.1 Å². The monoisotopic (exact) mass is 257 g/mol. The molecule has 0 radical (unpaired) electrons. The second-order valence-electron chi connectivity index (χ2n) is 3.73. The number of hydrogen-bond donors (Lipinski definition) is 1. The second kappa shape index (κ2) is 4.77. The quantitative estimate of drug-likeness (QED) is 0.912. The minimum Gasteiger partial charge on any atom is -0.388 e. The lowest BCUT2D eigenvalue weighted by Gasteiger charge is -2.09. The molecule has 0 aliphatic rings. The number of hydrogen-bond acceptors (Lipinski definition) is 3. The van der Waals surface area contributed by atoms with E-state index in [-0.39, 0.29) is 13.2 Å². The van der Waals surface area contributed by atoms with Gasteiger partial charge in [-0.25, -0.2) is 0 Å². The molecule has 2 rings (SSSR count). The molecule has 7 heteroatoms. The number of aromatic nitrogens is 3. The summed E-state index contributed by atoms with van der Waals surface area (Å²) >= 11 is 0. The molecule has 18 heavy (non-hydrogen) atoms. The number of benzene rings is 1. The molecule has 0 saturated carbocycles. The summed E-state index contributed by atoms with van der Waals surface area (Å²) in [5, 5.41) is 16.2. The molecule has 0 unspecified atom stereocenters. The largest absolute Gasteiger partial charge is 0.416 e. The maximum Gasteiger partial charge on any atom is 0.416 e. The number of halogens is 3. The highest BCUT2D eigenvalue weighted by Gasteiger charge is 2.30. The van der Waals surface area contributed by atoms with Crippen LogP contribution < -0.4 is 0 Å². The summed E-state index contributed by atoms with van der Waals surface area (Å²) in [5.74, 6) is 0.312. The summed E-state index contributed by atoms with van der Waals surface area (Å²) < 4.78 is 39.1. The van der Waals surface area contributed by atoms with E-state index in [0.717, 1.165) is 12.1 Å². The first-order valence-electron chi connectivity index (χ1n) is 5.14. The average Bonchev–Trinajstić information content (AvgIpc) is 2.75. The van der Waals surface area contributed by atoms with Crippen LogP contribution in [0.1, 0.15) is 17.0 Å². The van der Waals surface area contributed by atoms with E-state index in [1.165, 1.54) is 17.0 Å². The van der Waals surface area contributed by atoms with Crippen LogP contribution in [0.2, 0.25) is 0 Å². The minimum absolute atomic E-state index is 0.187. The lowest BCUT2D eigenvalue weighted by molar-refractivity contribution is -0.137. The summed E-state index contributed by atoms with van der Waals surface area (Å²) in [6, 6.07) is 5.02. The predicted molar refractivity (Wildman–Crippen MR) is 56.5 cm³/mol. The van der Waals surface area contributed by atoms with Gasteiger partial charge in [0.05, 0.1) is 12.1 Å². The van der Waals surface area contributed by atoms with E-state index >= 15 is 0 Å². The van der Waals surface area contributed by atoms with Crippen molar-refractivity contribution in [1.82, 2.24) is 14.8 Å². The average molecular weight is 257 g/mol. The van der Waals surface area contributed by atoms with E-state index in [2.05, 4.69) is 10.2 Å². The Bertz CT molecular complexity index is 536. The van der Waals surface area contributed by atoms with Crippen molar-refractivity contribution in [3.05, 3.63) is 47.5 Å². The zero-order chi connectivity index (χ0) is 13.2. The molecule has 0 spiro atoms. The van der Waals surface area contributed by atoms with Crippen LogP contribution in [-0.2, 0) is 19.3 Å². The maximum absolute atomic E-state index is 12.5. The third-order valence-electron chi connectivity index (χ3n) is 2.44. The number of nitrogens with zero attached hydrogens (tertiary/aromatic N) is 3. The number of alkyl halides is 3. The topological polar surface area (TPSA) is 50.9 Å². The summed E-state index contributed by atoms with van der Waals surface area (Å²) in [6.45, 7) is -0.119. The molecule has 0 saturated heterocycles. The van der Waals surface area contributed by atoms with Gasteiger partial charge in [0.1, 0.15) is 12.9 Å². The van der Waals surface area contributed by atoms with Gasteiger partial charge < -0.3 is 9.67 Å². The van der Waals surface area contributed by atoms with Crippen molar-refractivity contribution in [2.45, 2.75) is 19.3 Å². The normalized spacial score (nSPS) is 11.8. The van der Waals surface area contributed by atoms with Crippen LogP contribution >= 0.6 is 0 Å². The van der Waals surface area contributed by atoms with Crippen molar-refractivity contribution >= 4 is 0 Å². The van der Waals surface area contributed by atoms with Gasteiger partial charge in [0.2, 0.25) is 0 Å². The molecule has 0 aliphatic heterocycles. The zero-order valence-corrected chi connectivity index (χ0v) is 9.22. The fourth-order valence-corrected chi connectivity index (χ4v) is 1.58. The standard InChI is InChI=1S/C11H10F3N3O/c12-11(13,14)9-3-1-2-8(4-9)5-17-7-15-16-10(17)6-18/h1-4,7,18H,5-6H2. The molecule has 0 aliphatic carbocycles. The smallest absolute Gasteiger partial charge is 0.388 e. The Labute approximate surface area is 101 Å². The highest BCUT2D eigenvalue weighted by atomic mass is 19.4. The van der Waals surface area contributed by atoms with Crippen LogP contribution in [-0.4, -0.2) is 19.9 Å². The minimum atomic E-state index is -4.36. The van der Waals surface area contributed by atoms with Crippen LogP contribution in [0.4, 0.5) is 13.2 Å². The summed E-state index contributed by atoms with van der Waals surface area (Å²) in [4.78, 5) is 0. The first kappa shape index (κ1) is 12.6.